The molecule has 3 aliphatic heterocycles. The lowest BCUT2D eigenvalue weighted by Crippen LogP contribution is -2.53. The number of carbonyl (C=O) groups is 1. The predicted molar refractivity (Wildman–Crippen MR) is 98.1 cm³/mol. The van der Waals surface area contributed by atoms with Gasteiger partial charge in [0.1, 0.15) is 11.7 Å². The Morgan fingerprint density at radius 2 is 2.22 bits per heavy atom. The molecule has 3 aliphatic rings. The van der Waals surface area contributed by atoms with Crippen molar-refractivity contribution in [3.63, 3.8) is 0 Å². The summed E-state index contributed by atoms with van der Waals surface area (Å²) in [6.45, 7) is 7.16. The summed E-state index contributed by atoms with van der Waals surface area (Å²) >= 11 is 0. The quantitative estimate of drug-likeness (QED) is 0.835. The maximum Gasteiger partial charge on any atom is 0.251 e. The second-order valence-corrected chi connectivity index (χ2v) is 8.30. The Kier molecular flexibility index (Phi) is 5.24. The smallest absolute Gasteiger partial charge is 0.251 e. The topological polar surface area (TPSA) is 79.9 Å². The Morgan fingerprint density at radius 1 is 1.41 bits per heavy atom. The monoisotopic (exact) mass is 378 g/mol. The minimum atomic E-state index is -0.399. The normalized spacial score (nSPS) is 31.5. The molecular formula is C19H30N4O4. The molecule has 4 heterocycles. The minimum absolute atomic E-state index is 0.0966. The molecule has 8 heteroatoms. The average Bonchev–Trinajstić information content (AvgIpc) is 3.32. The summed E-state index contributed by atoms with van der Waals surface area (Å²) in [5, 5.41) is 0. The number of H-pyrrole nitrogens is 1. The molecule has 0 saturated carbocycles. The lowest BCUT2D eigenvalue weighted by molar-refractivity contribution is -0.145. The summed E-state index contributed by atoms with van der Waals surface area (Å²) in [5.41, 5.74) is 0.594. The van der Waals surface area contributed by atoms with E-state index in [1.807, 2.05) is 11.1 Å². The van der Waals surface area contributed by atoms with Gasteiger partial charge >= 0.3 is 0 Å². The molecule has 3 fully saturated rings. The molecular weight excluding hydrogens is 348 g/mol. The van der Waals surface area contributed by atoms with Crippen LogP contribution >= 0.6 is 0 Å². The average molecular weight is 378 g/mol. The van der Waals surface area contributed by atoms with Gasteiger partial charge in [-0.2, -0.15) is 0 Å². The zero-order chi connectivity index (χ0) is 18.9. The minimum Gasteiger partial charge on any atom is -0.378 e. The molecule has 1 amide bonds. The molecule has 1 aromatic heterocycles. The van der Waals surface area contributed by atoms with Crippen LogP contribution < -0.4 is 0 Å². The van der Waals surface area contributed by atoms with E-state index in [0.717, 1.165) is 51.3 Å². The lowest BCUT2D eigenvalue weighted by atomic mass is 9.92. The second kappa shape index (κ2) is 7.50. The van der Waals surface area contributed by atoms with E-state index >= 15 is 0 Å². The number of hydrogen-bond donors (Lipinski definition) is 1. The van der Waals surface area contributed by atoms with Crippen LogP contribution in [0, 0.1) is 0 Å². The third-order valence-corrected chi connectivity index (χ3v) is 6.28. The molecule has 1 spiro atoms. The van der Waals surface area contributed by atoms with Crippen molar-refractivity contribution in [3.05, 3.63) is 18.2 Å². The molecule has 150 valence electrons. The standard InChI is InChI=1S/C19H30N4O4/c1-18(25-2)3-5-23(6-4-18)17(24)16-9-19(13-26-16)12-22(7-8-27-19)11-15-10-20-14-21-15/h10,14,16H,3-9,11-13H2,1-2H3,(H,20,21). The van der Waals surface area contributed by atoms with E-state index in [-0.39, 0.29) is 17.1 Å². The first-order chi connectivity index (χ1) is 13.0. The van der Waals surface area contributed by atoms with Crippen molar-refractivity contribution in [2.24, 2.45) is 0 Å². The summed E-state index contributed by atoms with van der Waals surface area (Å²) < 4.78 is 17.6. The van der Waals surface area contributed by atoms with Crippen LogP contribution in [-0.4, -0.2) is 89.5 Å². The molecule has 0 aliphatic carbocycles. The van der Waals surface area contributed by atoms with Crippen LogP contribution in [-0.2, 0) is 25.5 Å². The van der Waals surface area contributed by atoms with E-state index < -0.39 is 6.10 Å². The highest BCUT2D eigenvalue weighted by Crippen LogP contribution is 2.34. The summed E-state index contributed by atoms with van der Waals surface area (Å²) in [6.07, 6.45) is 5.51. The Bertz CT molecular complexity index is 644. The van der Waals surface area contributed by atoms with Crippen molar-refractivity contribution < 1.29 is 19.0 Å². The first-order valence-electron chi connectivity index (χ1n) is 9.80. The number of aromatic nitrogens is 2. The SMILES string of the molecule is COC1(C)CCN(C(=O)C2CC3(CO2)CN(Cc2cnc[nH]2)CCO3)CC1. The number of rotatable bonds is 4. The molecule has 1 aromatic rings. The fourth-order valence-electron chi connectivity index (χ4n) is 4.36. The third-order valence-electron chi connectivity index (χ3n) is 6.28. The first kappa shape index (κ1) is 18.9. The van der Waals surface area contributed by atoms with Gasteiger partial charge in [0.15, 0.2) is 0 Å². The van der Waals surface area contributed by atoms with E-state index in [9.17, 15) is 4.79 Å². The van der Waals surface area contributed by atoms with E-state index in [0.29, 0.717) is 19.6 Å². The van der Waals surface area contributed by atoms with Gasteiger partial charge in [0, 0.05) is 58.1 Å². The van der Waals surface area contributed by atoms with Gasteiger partial charge in [0.05, 0.1) is 25.1 Å². The van der Waals surface area contributed by atoms with Crippen LogP contribution in [0.25, 0.3) is 0 Å². The number of piperidine rings is 1. The molecule has 0 aromatic carbocycles. The predicted octanol–water partition coefficient (Wildman–Crippen LogP) is 0.797. The van der Waals surface area contributed by atoms with Crippen molar-refractivity contribution in [1.29, 1.82) is 0 Å². The number of amides is 1. The number of hydrogen-bond acceptors (Lipinski definition) is 6. The van der Waals surface area contributed by atoms with Crippen LogP contribution in [0.4, 0.5) is 0 Å². The zero-order valence-electron chi connectivity index (χ0n) is 16.3. The zero-order valence-corrected chi connectivity index (χ0v) is 16.3. The number of carbonyl (C=O) groups excluding carboxylic acids is 1. The fourth-order valence-corrected chi connectivity index (χ4v) is 4.36. The number of nitrogens with one attached hydrogen (secondary N) is 1. The third kappa shape index (κ3) is 4.03. The van der Waals surface area contributed by atoms with Crippen LogP contribution in [0.15, 0.2) is 12.5 Å². The highest BCUT2D eigenvalue weighted by molar-refractivity contribution is 5.81. The van der Waals surface area contributed by atoms with Gasteiger partial charge in [0.25, 0.3) is 5.91 Å². The van der Waals surface area contributed by atoms with Gasteiger partial charge in [-0.1, -0.05) is 0 Å². The molecule has 27 heavy (non-hydrogen) atoms. The Labute approximate surface area is 160 Å². The van der Waals surface area contributed by atoms with Gasteiger partial charge in [-0.25, -0.2) is 4.98 Å². The summed E-state index contributed by atoms with van der Waals surface area (Å²) in [7, 11) is 1.75. The van der Waals surface area contributed by atoms with Crippen LogP contribution in [0.2, 0.25) is 0 Å². The highest BCUT2D eigenvalue weighted by atomic mass is 16.6. The number of aromatic amines is 1. The highest BCUT2D eigenvalue weighted by Gasteiger charge is 2.48. The van der Waals surface area contributed by atoms with Crippen molar-refractivity contribution in [3.8, 4) is 0 Å². The van der Waals surface area contributed by atoms with Crippen molar-refractivity contribution in [1.82, 2.24) is 19.8 Å². The molecule has 3 saturated heterocycles. The number of nitrogens with zero attached hydrogens (tertiary/aromatic N) is 3. The summed E-state index contributed by atoms with van der Waals surface area (Å²) in [6, 6.07) is 0. The van der Waals surface area contributed by atoms with E-state index in [1.54, 1.807) is 13.4 Å². The molecule has 1 N–H and O–H groups in total. The Balaban J connectivity index is 1.33. The maximum absolute atomic E-state index is 12.9. The number of imidazole rings is 1. The fraction of sp³-hybridized carbons (Fsp3) is 0.789. The first-order valence-corrected chi connectivity index (χ1v) is 9.80. The van der Waals surface area contributed by atoms with Crippen LogP contribution in [0.1, 0.15) is 31.9 Å². The number of morpholine rings is 1. The van der Waals surface area contributed by atoms with E-state index in [4.69, 9.17) is 14.2 Å². The van der Waals surface area contributed by atoms with Gasteiger partial charge in [-0.15, -0.1) is 0 Å². The molecule has 4 rings (SSSR count). The largest absolute Gasteiger partial charge is 0.378 e. The number of likely N-dealkylation sites (tertiary alicyclic amines) is 1. The molecule has 2 unspecified atom stereocenters. The van der Waals surface area contributed by atoms with Crippen molar-refractivity contribution in [2.45, 2.75) is 50.0 Å². The van der Waals surface area contributed by atoms with Gasteiger partial charge in [-0.3, -0.25) is 9.69 Å². The number of methoxy groups -OCH3 is 1. The van der Waals surface area contributed by atoms with Crippen molar-refractivity contribution in [2.75, 3.05) is 46.5 Å². The summed E-state index contributed by atoms with van der Waals surface area (Å²) in [4.78, 5) is 24.4. The molecule has 0 radical (unpaired) electrons. The Morgan fingerprint density at radius 3 is 2.93 bits per heavy atom. The summed E-state index contributed by atoms with van der Waals surface area (Å²) in [5.74, 6) is 0.0966. The van der Waals surface area contributed by atoms with Gasteiger partial charge in [-0.05, 0) is 19.8 Å². The van der Waals surface area contributed by atoms with E-state index in [2.05, 4.69) is 21.8 Å². The second-order valence-electron chi connectivity index (χ2n) is 8.30. The maximum atomic E-state index is 12.9. The van der Waals surface area contributed by atoms with Crippen molar-refractivity contribution >= 4 is 5.91 Å². The lowest BCUT2D eigenvalue weighted by Gasteiger charge is -2.40. The van der Waals surface area contributed by atoms with E-state index in [1.165, 1.54) is 0 Å². The number of ether oxygens (including phenoxy) is 3. The Hall–Kier alpha value is -1.48. The van der Waals surface area contributed by atoms with Crippen LogP contribution in [0.3, 0.4) is 0 Å². The molecule has 2 atom stereocenters. The van der Waals surface area contributed by atoms with Gasteiger partial charge < -0.3 is 24.1 Å². The van der Waals surface area contributed by atoms with Gasteiger partial charge in [0.2, 0.25) is 0 Å². The van der Waals surface area contributed by atoms with Crippen LogP contribution in [0.5, 0.6) is 0 Å². The molecule has 8 nitrogen and oxygen atoms in total. The molecule has 0 bridgehead atoms.